The molecular formula is C21H35F2IN4O3. The normalized spacial score (nSPS) is 16.6. The summed E-state index contributed by atoms with van der Waals surface area (Å²) in [5.41, 5.74) is 0.597. The van der Waals surface area contributed by atoms with Crippen LogP contribution in [0.2, 0.25) is 0 Å². The minimum Gasteiger partial charge on any atom is -0.435 e. The van der Waals surface area contributed by atoms with Crippen molar-refractivity contribution in [2.75, 3.05) is 53.0 Å². The van der Waals surface area contributed by atoms with E-state index in [0.29, 0.717) is 17.4 Å². The Balaban J connectivity index is 0.00000480. The largest absolute Gasteiger partial charge is 0.435 e. The molecule has 1 saturated heterocycles. The van der Waals surface area contributed by atoms with E-state index < -0.39 is 12.7 Å². The van der Waals surface area contributed by atoms with Crippen LogP contribution in [0.1, 0.15) is 31.4 Å². The van der Waals surface area contributed by atoms with Crippen LogP contribution in [0.3, 0.4) is 0 Å². The predicted molar refractivity (Wildman–Crippen MR) is 128 cm³/mol. The Bertz CT molecular complexity index is 630. The Hall–Kier alpha value is -1.24. The number of piperidine rings is 1. The lowest BCUT2D eigenvalue weighted by Crippen LogP contribution is -2.43. The van der Waals surface area contributed by atoms with Crippen LogP contribution in [0.15, 0.2) is 29.3 Å². The molecule has 1 atom stereocenters. The standard InChI is InChI=1S/C21H34F2N4O3.HI/c1-3-24-21(25-14-16-8-10-27(11-9-16)12-13-29-2)26-15-19(28)17-4-6-18(7-5-17)30-20(22)23;/h4-7,16,19-20,28H,3,8-15H2,1-2H3,(H2,24,25,26);1H. The fraction of sp³-hybridized carbons (Fsp3) is 0.667. The van der Waals surface area contributed by atoms with Gasteiger partial charge in [0.05, 0.1) is 19.3 Å². The van der Waals surface area contributed by atoms with Gasteiger partial charge in [0.2, 0.25) is 0 Å². The average Bonchev–Trinajstić information content (AvgIpc) is 2.75. The number of ether oxygens (including phenoxy) is 2. The lowest BCUT2D eigenvalue weighted by Gasteiger charge is -2.32. The molecule has 0 bridgehead atoms. The third kappa shape index (κ3) is 10.8. The van der Waals surface area contributed by atoms with Gasteiger partial charge in [0, 0.05) is 26.7 Å². The molecule has 178 valence electrons. The van der Waals surface area contributed by atoms with Crippen LogP contribution in [-0.4, -0.2) is 75.6 Å². The van der Waals surface area contributed by atoms with Crippen molar-refractivity contribution in [3.8, 4) is 5.75 Å². The van der Waals surface area contributed by atoms with Gasteiger partial charge in [0.25, 0.3) is 0 Å². The first-order chi connectivity index (χ1) is 14.5. The highest BCUT2D eigenvalue weighted by Gasteiger charge is 2.19. The summed E-state index contributed by atoms with van der Waals surface area (Å²) in [7, 11) is 1.73. The van der Waals surface area contributed by atoms with Crippen LogP contribution >= 0.6 is 24.0 Å². The molecule has 0 aromatic heterocycles. The zero-order valence-corrected chi connectivity index (χ0v) is 20.6. The summed E-state index contributed by atoms with van der Waals surface area (Å²) in [5.74, 6) is 1.31. The van der Waals surface area contributed by atoms with Crippen LogP contribution in [0.25, 0.3) is 0 Å². The lowest BCUT2D eigenvalue weighted by atomic mass is 9.97. The second kappa shape index (κ2) is 15.5. The van der Waals surface area contributed by atoms with Crippen LogP contribution in [0, 0.1) is 5.92 Å². The molecule has 1 aliphatic heterocycles. The molecule has 0 radical (unpaired) electrons. The Kier molecular flexibility index (Phi) is 13.9. The summed E-state index contributed by atoms with van der Waals surface area (Å²) >= 11 is 0. The minimum atomic E-state index is -2.86. The SMILES string of the molecule is CCNC(=NCC(O)c1ccc(OC(F)F)cc1)NCC1CCN(CCOC)CC1.I. The van der Waals surface area contributed by atoms with Crippen molar-refractivity contribution in [2.45, 2.75) is 32.5 Å². The van der Waals surface area contributed by atoms with Gasteiger partial charge in [-0.15, -0.1) is 24.0 Å². The number of nitrogens with zero attached hydrogens (tertiary/aromatic N) is 2. The molecular weight excluding hydrogens is 521 g/mol. The van der Waals surface area contributed by atoms with Crippen molar-refractivity contribution in [1.29, 1.82) is 0 Å². The maximum absolute atomic E-state index is 12.2. The monoisotopic (exact) mass is 556 g/mol. The third-order valence-electron chi connectivity index (χ3n) is 5.13. The van der Waals surface area contributed by atoms with Gasteiger partial charge < -0.3 is 30.1 Å². The summed E-state index contributed by atoms with van der Waals surface area (Å²) < 4.78 is 33.9. The molecule has 0 amide bonds. The van der Waals surface area contributed by atoms with Gasteiger partial charge in [0.15, 0.2) is 5.96 Å². The molecule has 1 aromatic rings. The number of benzene rings is 1. The summed E-state index contributed by atoms with van der Waals surface area (Å²) in [6.07, 6.45) is 1.43. The Labute approximate surface area is 200 Å². The maximum atomic E-state index is 12.2. The molecule has 0 spiro atoms. The second-order valence-corrected chi connectivity index (χ2v) is 7.34. The van der Waals surface area contributed by atoms with E-state index in [2.05, 4.69) is 25.3 Å². The number of hydrogen-bond donors (Lipinski definition) is 3. The number of hydrogen-bond acceptors (Lipinski definition) is 5. The molecule has 10 heteroatoms. The smallest absolute Gasteiger partial charge is 0.387 e. The molecule has 7 nitrogen and oxygen atoms in total. The summed E-state index contributed by atoms with van der Waals surface area (Å²) in [5, 5.41) is 16.9. The number of rotatable bonds is 11. The Morgan fingerprint density at radius 2 is 1.90 bits per heavy atom. The van der Waals surface area contributed by atoms with Gasteiger partial charge in [0.1, 0.15) is 5.75 Å². The quantitative estimate of drug-likeness (QED) is 0.221. The first kappa shape index (κ1) is 27.8. The van der Waals surface area contributed by atoms with E-state index in [0.717, 1.165) is 52.2 Å². The summed E-state index contributed by atoms with van der Waals surface area (Å²) in [6.45, 7) is 4.75. The Morgan fingerprint density at radius 3 is 2.48 bits per heavy atom. The molecule has 1 heterocycles. The van der Waals surface area contributed by atoms with Crippen molar-refractivity contribution in [1.82, 2.24) is 15.5 Å². The zero-order chi connectivity index (χ0) is 21.8. The van der Waals surface area contributed by atoms with Crippen molar-refractivity contribution in [3.05, 3.63) is 29.8 Å². The molecule has 1 fully saturated rings. The molecule has 1 unspecified atom stereocenters. The lowest BCUT2D eigenvalue weighted by molar-refractivity contribution is -0.0498. The number of guanidine groups is 1. The molecule has 0 aliphatic carbocycles. The van der Waals surface area contributed by atoms with E-state index in [1.165, 1.54) is 12.1 Å². The van der Waals surface area contributed by atoms with E-state index >= 15 is 0 Å². The molecule has 1 aliphatic rings. The van der Waals surface area contributed by atoms with Crippen LogP contribution in [0.5, 0.6) is 5.75 Å². The second-order valence-electron chi connectivity index (χ2n) is 7.34. The van der Waals surface area contributed by atoms with Gasteiger partial charge in [-0.2, -0.15) is 8.78 Å². The van der Waals surface area contributed by atoms with Gasteiger partial charge >= 0.3 is 6.61 Å². The maximum Gasteiger partial charge on any atom is 0.387 e. The van der Waals surface area contributed by atoms with Crippen molar-refractivity contribution in [3.63, 3.8) is 0 Å². The Morgan fingerprint density at radius 1 is 1.23 bits per heavy atom. The summed E-state index contributed by atoms with van der Waals surface area (Å²) in [6, 6.07) is 5.96. The van der Waals surface area contributed by atoms with Crippen LogP contribution in [0.4, 0.5) is 8.78 Å². The highest BCUT2D eigenvalue weighted by molar-refractivity contribution is 14.0. The summed E-state index contributed by atoms with van der Waals surface area (Å²) in [4.78, 5) is 6.89. The third-order valence-corrected chi connectivity index (χ3v) is 5.13. The molecule has 1 aromatic carbocycles. The van der Waals surface area contributed by atoms with E-state index in [1.54, 1.807) is 19.2 Å². The van der Waals surface area contributed by atoms with Crippen LogP contribution < -0.4 is 15.4 Å². The number of nitrogens with one attached hydrogen (secondary N) is 2. The number of aliphatic hydroxyl groups excluding tert-OH is 1. The van der Waals surface area contributed by atoms with Crippen LogP contribution in [-0.2, 0) is 4.74 Å². The fourth-order valence-electron chi connectivity index (χ4n) is 3.37. The van der Waals surface area contributed by atoms with E-state index in [1.807, 2.05) is 6.92 Å². The molecule has 3 N–H and O–H groups in total. The van der Waals surface area contributed by atoms with E-state index in [9.17, 15) is 13.9 Å². The van der Waals surface area contributed by atoms with Gasteiger partial charge in [-0.05, 0) is 56.5 Å². The molecule has 31 heavy (non-hydrogen) atoms. The van der Waals surface area contributed by atoms with E-state index in [4.69, 9.17) is 4.74 Å². The number of aliphatic imine (C=N–C) groups is 1. The van der Waals surface area contributed by atoms with Gasteiger partial charge in [-0.3, -0.25) is 4.99 Å². The first-order valence-corrected chi connectivity index (χ1v) is 10.5. The predicted octanol–water partition coefficient (Wildman–Crippen LogP) is 2.85. The topological polar surface area (TPSA) is 78.4 Å². The average molecular weight is 556 g/mol. The zero-order valence-electron chi connectivity index (χ0n) is 18.2. The molecule has 0 saturated carbocycles. The highest BCUT2D eigenvalue weighted by atomic mass is 127. The minimum absolute atomic E-state index is 0. The van der Waals surface area contributed by atoms with Gasteiger partial charge in [-0.1, -0.05) is 12.1 Å². The van der Waals surface area contributed by atoms with Gasteiger partial charge in [-0.25, -0.2) is 0 Å². The van der Waals surface area contributed by atoms with Crippen molar-refractivity contribution in [2.24, 2.45) is 10.9 Å². The van der Waals surface area contributed by atoms with Crippen molar-refractivity contribution >= 4 is 29.9 Å². The van der Waals surface area contributed by atoms with Crippen molar-refractivity contribution < 1.29 is 23.4 Å². The number of alkyl halides is 2. The highest BCUT2D eigenvalue weighted by Crippen LogP contribution is 2.20. The molecule has 2 rings (SSSR count). The number of methoxy groups -OCH3 is 1. The number of aliphatic hydroxyl groups is 1. The fourth-order valence-corrected chi connectivity index (χ4v) is 3.37. The van der Waals surface area contributed by atoms with E-state index in [-0.39, 0.29) is 36.3 Å². The number of halogens is 3. The first-order valence-electron chi connectivity index (χ1n) is 10.5. The number of likely N-dealkylation sites (tertiary alicyclic amines) is 1.